The van der Waals surface area contributed by atoms with Crippen LogP contribution in [0.25, 0.3) is 0 Å². The van der Waals surface area contributed by atoms with E-state index in [-0.39, 0.29) is 11.9 Å². The van der Waals surface area contributed by atoms with Gasteiger partial charge >= 0.3 is 0 Å². The van der Waals surface area contributed by atoms with E-state index in [4.69, 9.17) is 0 Å². The zero-order chi connectivity index (χ0) is 13.8. The van der Waals surface area contributed by atoms with Crippen LogP contribution in [0.3, 0.4) is 0 Å². The van der Waals surface area contributed by atoms with Crippen molar-refractivity contribution in [3.63, 3.8) is 0 Å². The summed E-state index contributed by atoms with van der Waals surface area (Å²) in [6.07, 6.45) is 7.69. The van der Waals surface area contributed by atoms with Crippen molar-refractivity contribution < 1.29 is 4.79 Å². The Morgan fingerprint density at radius 1 is 1.35 bits per heavy atom. The lowest BCUT2D eigenvalue weighted by atomic mass is 9.92. The van der Waals surface area contributed by atoms with Crippen molar-refractivity contribution in [1.29, 1.82) is 0 Å². The Balaban J connectivity index is 1.47. The van der Waals surface area contributed by atoms with E-state index in [9.17, 15) is 4.79 Å². The SMILES string of the molecule is O=C(CCC1CCNCC1)NC1CCCc2sccc21. The third-order valence-corrected chi connectivity index (χ3v) is 5.62. The van der Waals surface area contributed by atoms with Gasteiger partial charge in [-0.05, 0) is 74.5 Å². The Labute approximate surface area is 125 Å². The summed E-state index contributed by atoms with van der Waals surface area (Å²) in [7, 11) is 0. The second-order valence-corrected chi connectivity index (χ2v) is 7.04. The normalized spacial score (nSPS) is 23.3. The Hall–Kier alpha value is -0.870. The highest BCUT2D eigenvalue weighted by Crippen LogP contribution is 2.33. The van der Waals surface area contributed by atoms with Gasteiger partial charge in [-0.2, -0.15) is 0 Å². The number of carbonyl (C=O) groups is 1. The molecule has 2 aliphatic rings. The zero-order valence-electron chi connectivity index (χ0n) is 12.0. The van der Waals surface area contributed by atoms with Crippen molar-refractivity contribution in [3.05, 3.63) is 21.9 Å². The van der Waals surface area contributed by atoms with E-state index in [1.807, 2.05) is 11.3 Å². The minimum atomic E-state index is 0.243. The molecule has 1 saturated heterocycles. The third-order valence-electron chi connectivity index (χ3n) is 4.63. The molecule has 3 rings (SSSR count). The third kappa shape index (κ3) is 3.41. The van der Waals surface area contributed by atoms with Gasteiger partial charge in [0.2, 0.25) is 5.91 Å². The van der Waals surface area contributed by atoms with Crippen LogP contribution in [0.2, 0.25) is 0 Å². The lowest BCUT2D eigenvalue weighted by molar-refractivity contribution is -0.122. The van der Waals surface area contributed by atoms with Gasteiger partial charge in [0, 0.05) is 11.3 Å². The molecule has 2 heterocycles. The zero-order valence-corrected chi connectivity index (χ0v) is 12.8. The molecule has 4 heteroatoms. The summed E-state index contributed by atoms with van der Waals surface area (Å²) in [6.45, 7) is 2.24. The molecule has 1 aliphatic heterocycles. The second kappa shape index (κ2) is 6.72. The number of nitrogens with one attached hydrogen (secondary N) is 2. The molecule has 110 valence electrons. The number of thiophene rings is 1. The first-order valence-electron chi connectivity index (χ1n) is 7.89. The number of carbonyl (C=O) groups excluding carboxylic acids is 1. The second-order valence-electron chi connectivity index (χ2n) is 6.04. The summed E-state index contributed by atoms with van der Waals surface area (Å²) >= 11 is 1.83. The molecule has 1 aliphatic carbocycles. The largest absolute Gasteiger partial charge is 0.349 e. The van der Waals surface area contributed by atoms with E-state index in [0.29, 0.717) is 6.42 Å². The number of amides is 1. The van der Waals surface area contributed by atoms with Gasteiger partial charge < -0.3 is 10.6 Å². The molecule has 0 saturated carbocycles. The number of aryl methyl sites for hydroxylation is 1. The molecule has 1 fully saturated rings. The topological polar surface area (TPSA) is 41.1 Å². The van der Waals surface area contributed by atoms with Crippen LogP contribution in [0.1, 0.15) is 55.0 Å². The standard InChI is InChI=1S/C16H24N2OS/c19-16(5-4-12-6-9-17-10-7-12)18-14-2-1-3-15-13(14)8-11-20-15/h8,11-12,14,17H,1-7,9-10H2,(H,18,19). The minimum Gasteiger partial charge on any atom is -0.349 e. The van der Waals surface area contributed by atoms with Crippen LogP contribution in [-0.4, -0.2) is 19.0 Å². The Morgan fingerprint density at radius 3 is 3.05 bits per heavy atom. The smallest absolute Gasteiger partial charge is 0.220 e. The summed E-state index contributed by atoms with van der Waals surface area (Å²) < 4.78 is 0. The Bertz CT molecular complexity index is 451. The first kappa shape index (κ1) is 14.1. The predicted octanol–water partition coefficient (Wildman–Crippen LogP) is 3.02. The fourth-order valence-corrected chi connectivity index (χ4v) is 4.40. The van der Waals surface area contributed by atoms with Crippen molar-refractivity contribution in [1.82, 2.24) is 10.6 Å². The van der Waals surface area contributed by atoms with Gasteiger partial charge in [0.15, 0.2) is 0 Å². The van der Waals surface area contributed by atoms with E-state index in [1.54, 1.807) is 0 Å². The molecule has 0 spiro atoms. The van der Waals surface area contributed by atoms with Crippen LogP contribution >= 0.6 is 11.3 Å². The molecule has 2 N–H and O–H groups in total. The molecule has 1 aromatic heterocycles. The molecule has 0 bridgehead atoms. The first-order valence-corrected chi connectivity index (χ1v) is 8.77. The van der Waals surface area contributed by atoms with Crippen molar-refractivity contribution in [2.75, 3.05) is 13.1 Å². The summed E-state index contributed by atoms with van der Waals surface area (Å²) in [4.78, 5) is 13.6. The molecule has 20 heavy (non-hydrogen) atoms. The van der Waals surface area contributed by atoms with Crippen LogP contribution in [0.4, 0.5) is 0 Å². The molecule has 3 nitrogen and oxygen atoms in total. The van der Waals surface area contributed by atoms with Gasteiger partial charge in [-0.25, -0.2) is 0 Å². The molecule has 1 amide bonds. The fourth-order valence-electron chi connectivity index (χ4n) is 3.41. The summed E-state index contributed by atoms with van der Waals surface area (Å²) in [5, 5.41) is 8.79. The number of rotatable bonds is 4. The number of piperidine rings is 1. The molecule has 0 radical (unpaired) electrons. The highest BCUT2D eigenvalue weighted by atomic mass is 32.1. The van der Waals surface area contributed by atoms with Crippen LogP contribution < -0.4 is 10.6 Å². The number of hydrogen-bond acceptors (Lipinski definition) is 3. The maximum atomic E-state index is 12.2. The van der Waals surface area contributed by atoms with Crippen LogP contribution in [0.15, 0.2) is 11.4 Å². The van der Waals surface area contributed by atoms with Crippen LogP contribution in [-0.2, 0) is 11.2 Å². The quantitative estimate of drug-likeness (QED) is 0.895. The summed E-state index contributed by atoms with van der Waals surface area (Å²) in [5.41, 5.74) is 1.37. The fraction of sp³-hybridized carbons (Fsp3) is 0.688. The molecular weight excluding hydrogens is 268 g/mol. The molecule has 1 aromatic rings. The predicted molar refractivity (Wildman–Crippen MR) is 83.0 cm³/mol. The molecule has 0 aromatic carbocycles. The van der Waals surface area contributed by atoms with Crippen molar-refractivity contribution in [3.8, 4) is 0 Å². The lowest BCUT2D eigenvalue weighted by Crippen LogP contribution is -2.32. The average molecular weight is 292 g/mol. The summed E-state index contributed by atoms with van der Waals surface area (Å²) in [5.74, 6) is 0.984. The van der Waals surface area contributed by atoms with Crippen molar-refractivity contribution in [2.24, 2.45) is 5.92 Å². The molecular formula is C16H24N2OS. The Kier molecular flexibility index (Phi) is 4.73. The highest BCUT2D eigenvalue weighted by molar-refractivity contribution is 7.10. The van der Waals surface area contributed by atoms with Crippen LogP contribution in [0.5, 0.6) is 0 Å². The Morgan fingerprint density at radius 2 is 2.20 bits per heavy atom. The highest BCUT2D eigenvalue weighted by Gasteiger charge is 2.23. The lowest BCUT2D eigenvalue weighted by Gasteiger charge is -2.25. The van der Waals surface area contributed by atoms with E-state index < -0.39 is 0 Å². The van der Waals surface area contributed by atoms with E-state index in [0.717, 1.165) is 31.8 Å². The van der Waals surface area contributed by atoms with Gasteiger partial charge in [0.1, 0.15) is 0 Å². The number of hydrogen-bond donors (Lipinski definition) is 2. The van der Waals surface area contributed by atoms with Gasteiger partial charge in [0.05, 0.1) is 6.04 Å². The van der Waals surface area contributed by atoms with Gasteiger partial charge in [0.25, 0.3) is 0 Å². The van der Waals surface area contributed by atoms with Crippen molar-refractivity contribution >= 4 is 17.2 Å². The van der Waals surface area contributed by atoms with Gasteiger partial charge in [-0.1, -0.05) is 0 Å². The van der Waals surface area contributed by atoms with E-state index in [2.05, 4.69) is 22.1 Å². The maximum absolute atomic E-state index is 12.2. The van der Waals surface area contributed by atoms with Gasteiger partial charge in [-0.15, -0.1) is 11.3 Å². The summed E-state index contributed by atoms with van der Waals surface area (Å²) in [6, 6.07) is 2.46. The monoisotopic (exact) mass is 292 g/mol. The average Bonchev–Trinajstić information content (AvgIpc) is 2.96. The maximum Gasteiger partial charge on any atom is 0.220 e. The first-order chi connectivity index (χ1) is 9.83. The number of fused-ring (bicyclic) bond motifs is 1. The minimum absolute atomic E-state index is 0.243. The van der Waals surface area contributed by atoms with Crippen molar-refractivity contribution in [2.45, 2.75) is 51.0 Å². The van der Waals surface area contributed by atoms with Gasteiger partial charge in [-0.3, -0.25) is 4.79 Å². The van der Waals surface area contributed by atoms with Crippen LogP contribution in [0, 0.1) is 5.92 Å². The van der Waals surface area contributed by atoms with E-state index in [1.165, 1.54) is 36.1 Å². The molecule has 1 unspecified atom stereocenters. The van der Waals surface area contributed by atoms with E-state index >= 15 is 0 Å². The molecule has 1 atom stereocenters.